The summed E-state index contributed by atoms with van der Waals surface area (Å²) in [7, 11) is 5.96. The number of carbonyl (C=O) groups is 3. The van der Waals surface area contributed by atoms with Crippen LogP contribution in [0.4, 0.5) is 0 Å². The van der Waals surface area contributed by atoms with Gasteiger partial charge in [-0.15, -0.1) is 0 Å². The van der Waals surface area contributed by atoms with Crippen molar-refractivity contribution >= 4 is 17.9 Å². The number of hydrogen-bond acceptors (Lipinski definition) is 7. The maximum Gasteiger partial charge on any atom is 0.361 e. The van der Waals surface area contributed by atoms with E-state index < -0.39 is 24.3 Å². The maximum absolute atomic E-state index is 12.9. The lowest BCUT2D eigenvalue weighted by atomic mass is 10.0. The summed E-state index contributed by atoms with van der Waals surface area (Å²) >= 11 is 0. The third kappa shape index (κ3) is 59.7. The van der Waals surface area contributed by atoms with Gasteiger partial charge in [0.2, 0.25) is 0 Å². The number of ether oxygens (including phenoxy) is 4. The van der Waals surface area contributed by atoms with Gasteiger partial charge in [-0.1, -0.05) is 265 Å². The number of esters is 2. The number of nitrogens with zero attached hydrogens (tertiary/aromatic N) is 1. The first kappa shape index (κ1) is 73.2. The molecule has 442 valence electrons. The first-order chi connectivity index (χ1) is 37.6. The second-order valence-corrected chi connectivity index (χ2v) is 22.0. The molecule has 0 heterocycles. The van der Waals surface area contributed by atoms with Crippen LogP contribution in [0.5, 0.6) is 0 Å². The molecule has 0 saturated carbocycles. The number of allylic oxidation sites excluding steroid dienone is 16. The Morgan fingerprint density at radius 2 is 0.740 bits per heavy atom. The fourth-order valence-electron chi connectivity index (χ4n) is 8.56. The molecule has 9 nitrogen and oxygen atoms in total. The summed E-state index contributed by atoms with van der Waals surface area (Å²) in [6.45, 7) is 4.75. The standard InChI is InChI=1S/C68H117NO8/c1-6-8-10-12-14-16-18-20-22-24-26-28-30-31-32-33-34-35-37-39-41-43-45-47-49-51-53-55-57-59-66(71)77-64(63-76-68(67(72)73)74-61-60-69(3,4)5)62-75-65(70)58-56-54-52-50-48-46-44-42-40-38-36-29-27-25-23-21-19-17-15-13-11-9-7-2/h8,10,14,16,20,22,26,28,31-32,34-35,39,41,45,47,64,68H,6-7,9,11-13,15,17-19,21,23-25,27,29-30,33,36-38,40,42-44,46,48-63H2,1-5H3/p+1/b10-8-,16-14-,22-20-,28-26-,32-31-,35-34-,41-39-,47-45-. The average molecular weight is 1080 g/mol. The predicted octanol–water partition coefficient (Wildman–Crippen LogP) is 18.9. The van der Waals surface area contributed by atoms with Gasteiger partial charge < -0.3 is 28.5 Å². The summed E-state index contributed by atoms with van der Waals surface area (Å²) in [5.74, 6) is -2.04. The second kappa shape index (κ2) is 58.4. The van der Waals surface area contributed by atoms with Crippen LogP contribution in [0.1, 0.15) is 258 Å². The second-order valence-electron chi connectivity index (χ2n) is 22.0. The highest BCUT2D eigenvalue weighted by Gasteiger charge is 2.25. The van der Waals surface area contributed by atoms with Crippen molar-refractivity contribution in [3.63, 3.8) is 0 Å². The minimum absolute atomic E-state index is 0.179. The van der Waals surface area contributed by atoms with Gasteiger partial charge in [0, 0.05) is 12.8 Å². The lowest BCUT2D eigenvalue weighted by molar-refractivity contribution is -0.870. The topological polar surface area (TPSA) is 108 Å². The van der Waals surface area contributed by atoms with Gasteiger partial charge >= 0.3 is 17.9 Å². The summed E-state index contributed by atoms with van der Waals surface area (Å²) in [6, 6.07) is 0. The Hall–Kier alpha value is -3.79. The van der Waals surface area contributed by atoms with E-state index in [4.69, 9.17) is 18.9 Å². The fraction of sp³-hybridized carbons (Fsp3) is 0.721. The Bertz CT molecular complexity index is 1580. The molecule has 0 rings (SSSR count). The first-order valence-electron chi connectivity index (χ1n) is 31.4. The molecule has 2 atom stereocenters. The number of likely N-dealkylation sites (N-methyl/N-ethyl adjacent to an activating group) is 1. The van der Waals surface area contributed by atoms with Crippen LogP contribution in [0.25, 0.3) is 0 Å². The van der Waals surface area contributed by atoms with E-state index in [0.29, 0.717) is 23.9 Å². The van der Waals surface area contributed by atoms with E-state index in [2.05, 4.69) is 111 Å². The van der Waals surface area contributed by atoms with Crippen LogP contribution in [0.3, 0.4) is 0 Å². The van der Waals surface area contributed by atoms with E-state index in [9.17, 15) is 19.5 Å². The van der Waals surface area contributed by atoms with Crippen molar-refractivity contribution in [2.45, 2.75) is 270 Å². The molecule has 0 aromatic rings. The van der Waals surface area contributed by atoms with Crippen LogP contribution in [-0.4, -0.2) is 87.4 Å². The number of carboxylic acid groups (broad SMARTS) is 1. The SMILES string of the molecule is CC/C=C\C/C=C\C/C=C\C/C=C\C/C=C\C/C=C\C/C=C\C/C=C\CCCCCCC(=O)OC(COC(=O)CCCCCCCCCCCCCCCCCCCCCCCCC)COC(OCC[N+](C)(C)C)C(=O)O. The molecule has 0 aromatic heterocycles. The van der Waals surface area contributed by atoms with Gasteiger partial charge in [-0.2, -0.15) is 0 Å². The van der Waals surface area contributed by atoms with Crippen LogP contribution in [-0.2, 0) is 33.3 Å². The van der Waals surface area contributed by atoms with E-state index >= 15 is 0 Å². The summed E-state index contributed by atoms with van der Waals surface area (Å²) in [4.78, 5) is 37.5. The van der Waals surface area contributed by atoms with Gasteiger partial charge in [-0.3, -0.25) is 9.59 Å². The summed E-state index contributed by atoms with van der Waals surface area (Å²) < 4.78 is 22.9. The quantitative estimate of drug-likeness (QED) is 0.0211. The Balaban J connectivity index is 4.28. The largest absolute Gasteiger partial charge is 0.477 e. The number of carboxylic acids is 1. The van der Waals surface area contributed by atoms with Crippen molar-refractivity contribution < 1.29 is 42.9 Å². The van der Waals surface area contributed by atoms with E-state index in [1.54, 1.807) is 0 Å². The maximum atomic E-state index is 12.9. The van der Waals surface area contributed by atoms with Gasteiger partial charge in [-0.25, -0.2) is 4.79 Å². The van der Waals surface area contributed by atoms with Gasteiger partial charge in [0.05, 0.1) is 34.4 Å². The molecule has 0 saturated heterocycles. The monoisotopic (exact) mass is 1080 g/mol. The van der Waals surface area contributed by atoms with Crippen molar-refractivity contribution in [3.8, 4) is 0 Å². The zero-order chi connectivity index (χ0) is 56.2. The molecular weight excluding hydrogens is 959 g/mol. The molecular formula is C68H118NO8+. The molecule has 0 aliphatic heterocycles. The lowest BCUT2D eigenvalue weighted by Crippen LogP contribution is -2.40. The summed E-state index contributed by atoms with van der Waals surface area (Å²) in [5, 5.41) is 9.72. The molecule has 2 unspecified atom stereocenters. The number of hydrogen-bond donors (Lipinski definition) is 1. The zero-order valence-electron chi connectivity index (χ0n) is 50.3. The third-order valence-corrected chi connectivity index (χ3v) is 13.4. The molecule has 0 aliphatic rings. The third-order valence-electron chi connectivity index (χ3n) is 13.4. The molecule has 0 spiro atoms. The molecule has 1 N–H and O–H groups in total. The van der Waals surface area contributed by atoms with Crippen LogP contribution in [0, 0.1) is 0 Å². The normalized spacial score (nSPS) is 13.4. The van der Waals surface area contributed by atoms with Crippen molar-refractivity contribution in [2.24, 2.45) is 0 Å². The van der Waals surface area contributed by atoms with E-state index in [-0.39, 0.29) is 32.2 Å². The highest BCUT2D eigenvalue weighted by atomic mass is 16.7. The van der Waals surface area contributed by atoms with Crippen LogP contribution >= 0.6 is 0 Å². The molecule has 0 fully saturated rings. The van der Waals surface area contributed by atoms with E-state index in [1.165, 1.54) is 128 Å². The molecule has 0 amide bonds. The smallest absolute Gasteiger partial charge is 0.361 e. The highest BCUT2D eigenvalue weighted by Crippen LogP contribution is 2.17. The average Bonchev–Trinajstić information content (AvgIpc) is 3.40. The number of unbranched alkanes of at least 4 members (excludes halogenated alkanes) is 26. The van der Waals surface area contributed by atoms with Crippen molar-refractivity contribution in [1.82, 2.24) is 0 Å². The Morgan fingerprint density at radius 1 is 0.403 bits per heavy atom. The fourth-order valence-corrected chi connectivity index (χ4v) is 8.56. The van der Waals surface area contributed by atoms with Crippen LogP contribution < -0.4 is 0 Å². The Morgan fingerprint density at radius 3 is 1.10 bits per heavy atom. The Labute approximate surface area is 473 Å². The van der Waals surface area contributed by atoms with Crippen molar-refractivity contribution in [3.05, 3.63) is 97.2 Å². The lowest BCUT2D eigenvalue weighted by Gasteiger charge is -2.25. The molecule has 0 aliphatic carbocycles. The number of rotatable bonds is 57. The highest BCUT2D eigenvalue weighted by molar-refractivity contribution is 5.71. The van der Waals surface area contributed by atoms with Crippen LogP contribution in [0.2, 0.25) is 0 Å². The Kier molecular flexibility index (Phi) is 55.5. The number of quaternary nitrogens is 1. The van der Waals surface area contributed by atoms with E-state index in [1.807, 2.05) is 21.1 Å². The van der Waals surface area contributed by atoms with E-state index in [0.717, 1.165) is 96.3 Å². The number of aliphatic carboxylic acids is 1. The van der Waals surface area contributed by atoms with Gasteiger partial charge in [0.15, 0.2) is 6.10 Å². The minimum atomic E-state index is -1.52. The summed E-state index contributed by atoms with van der Waals surface area (Å²) in [5.41, 5.74) is 0. The molecule has 0 bridgehead atoms. The van der Waals surface area contributed by atoms with Crippen molar-refractivity contribution in [2.75, 3.05) is 47.5 Å². The molecule has 9 heteroatoms. The molecule has 77 heavy (non-hydrogen) atoms. The molecule has 0 radical (unpaired) electrons. The predicted molar refractivity (Wildman–Crippen MR) is 327 cm³/mol. The van der Waals surface area contributed by atoms with Crippen molar-refractivity contribution in [1.29, 1.82) is 0 Å². The van der Waals surface area contributed by atoms with Gasteiger partial charge in [0.1, 0.15) is 13.2 Å². The number of carbonyl (C=O) groups excluding carboxylic acids is 2. The van der Waals surface area contributed by atoms with Crippen LogP contribution in [0.15, 0.2) is 97.2 Å². The van der Waals surface area contributed by atoms with Gasteiger partial charge in [-0.05, 0) is 77.0 Å². The minimum Gasteiger partial charge on any atom is -0.477 e. The zero-order valence-corrected chi connectivity index (χ0v) is 50.3. The molecule has 0 aromatic carbocycles. The summed E-state index contributed by atoms with van der Waals surface area (Å²) in [6.07, 6.45) is 76.4. The first-order valence-corrected chi connectivity index (χ1v) is 31.4. The van der Waals surface area contributed by atoms with Gasteiger partial charge in [0.25, 0.3) is 6.29 Å².